The number of rotatable bonds is 6. The number of hydrogen-bond acceptors (Lipinski definition) is 5. The molecule has 8 nitrogen and oxygen atoms in total. The lowest BCUT2D eigenvalue weighted by Crippen LogP contribution is -2.44. The smallest absolute Gasteiger partial charge is 0.326 e. The van der Waals surface area contributed by atoms with Crippen LogP contribution in [0.15, 0.2) is 12.7 Å². The third-order valence-corrected chi connectivity index (χ3v) is 2.25. The van der Waals surface area contributed by atoms with Crippen LogP contribution in [0.5, 0.6) is 0 Å². The molecule has 0 fully saturated rings. The zero-order chi connectivity index (χ0) is 12.8. The molecule has 1 rings (SSSR count). The molecule has 3 N–H and O–H groups in total. The van der Waals surface area contributed by atoms with E-state index in [0.29, 0.717) is 0 Å². The molecule has 17 heavy (non-hydrogen) atoms. The Labute approximate surface area is 97.3 Å². The molecule has 94 valence electrons. The highest BCUT2D eigenvalue weighted by atomic mass is 16.4. The van der Waals surface area contributed by atoms with Crippen molar-refractivity contribution < 1.29 is 19.8 Å². The second kappa shape index (κ2) is 5.94. The van der Waals surface area contributed by atoms with Gasteiger partial charge in [0.2, 0.25) is 5.91 Å². The number of hydrogen-bond donors (Lipinski definition) is 3. The lowest BCUT2D eigenvalue weighted by molar-refractivity contribution is -0.142. The van der Waals surface area contributed by atoms with Crippen LogP contribution >= 0.6 is 0 Å². The molecule has 8 heteroatoms. The molecule has 2 unspecified atom stereocenters. The Kier molecular flexibility index (Phi) is 4.58. The fourth-order valence-corrected chi connectivity index (χ4v) is 1.22. The van der Waals surface area contributed by atoms with Gasteiger partial charge in [0.25, 0.3) is 0 Å². The summed E-state index contributed by atoms with van der Waals surface area (Å²) in [5.74, 6) is -1.67. The molecule has 0 aliphatic rings. The van der Waals surface area contributed by atoms with Gasteiger partial charge in [-0.3, -0.25) is 4.79 Å². The second-order valence-electron chi connectivity index (χ2n) is 3.46. The molecule has 1 amide bonds. The summed E-state index contributed by atoms with van der Waals surface area (Å²) in [7, 11) is 0. The number of carboxylic acid groups (broad SMARTS) is 1. The summed E-state index contributed by atoms with van der Waals surface area (Å²) in [6, 6.07) is -1.75. The summed E-state index contributed by atoms with van der Waals surface area (Å²) >= 11 is 0. The Balaban J connectivity index is 2.61. The van der Waals surface area contributed by atoms with Crippen molar-refractivity contribution in [2.75, 3.05) is 6.61 Å². The number of aliphatic carboxylic acids is 1. The van der Waals surface area contributed by atoms with E-state index in [4.69, 9.17) is 10.2 Å². The van der Waals surface area contributed by atoms with Crippen LogP contribution < -0.4 is 5.32 Å². The molecule has 0 aliphatic carbocycles. The third kappa shape index (κ3) is 3.52. The summed E-state index contributed by atoms with van der Waals surface area (Å²) in [4.78, 5) is 26.2. The lowest BCUT2D eigenvalue weighted by atomic mass is 10.2. The van der Waals surface area contributed by atoms with E-state index in [2.05, 4.69) is 15.4 Å². The quantitative estimate of drug-likeness (QED) is 0.576. The van der Waals surface area contributed by atoms with Gasteiger partial charge in [-0.2, -0.15) is 5.10 Å². The molecule has 2 atom stereocenters. The van der Waals surface area contributed by atoms with Crippen LogP contribution in [0, 0.1) is 0 Å². The van der Waals surface area contributed by atoms with Crippen molar-refractivity contribution >= 4 is 11.9 Å². The first-order valence-corrected chi connectivity index (χ1v) is 5.04. The zero-order valence-electron chi connectivity index (χ0n) is 9.28. The fourth-order valence-electron chi connectivity index (χ4n) is 1.22. The predicted octanol–water partition coefficient (Wildman–Crippen LogP) is -1.21. The van der Waals surface area contributed by atoms with E-state index < -0.39 is 24.0 Å². The van der Waals surface area contributed by atoms with Gasteiger partial charge in [0, 0.05) is 13.0 Å². The monoisotopic (exact) mass is 242 g/mol. The highest BCUT2D eigenvalue weighted by Crippen LogP contribution is 2.03. The van der Waals surface area contributed by atoms with E-state index in [0.717, 1.165) is 0 Å². The molecule has 0 spiro atoms. The number of nitrogens with one attached hydrogen (secondary N) is 1. The van der Waals surface area contributed by atoms with Gasteiger partial charge < -0.3 is 15.5 Å². The van der Waals surface area contributed by atoms with Crippen LogP contribution in [0.2, 0.25) is 0 Å². The summed E-state index contributed by atoms with van der Waals surface area (Å²) < 4.78 is 1.31. The van der Waals surface area contributed by atoms with Gasteiger partial charge in [0.1, 0.15) is 24.7 Å². The van der Waals surface area contributed by atoms with E-state index in [1.165, 1.54) is 17.3 Å². The molecule has 0 aliphatic heterocycles. The average molecular weight is 242 g/mol. The van der Waals surface area contributed by atoms with Crippen molar-refractivity contribution in [3.8, 4) is 0 Å². The molecule has 0 saturated heterocycles. The molecule has 1 heterocycles. The number of aliphatic hydroxyl groups is 1. The third-order valence-electron chi connectivity index (χ3n) is 2.25. The highest BCUT2D eigenvalue weighted by molar-refractivity contribution is 5.85. The SMILES string of the molecule is CC(C(=O)NC(CCO)C(=O)O)n1cncn1. The maximum absolute atomic E-state index is 11.7. The Bertz CT molecular complexity index is 378. The maximum atomic E-state index is 11.7. The Morgan fingerprint density at radius 3 is 2.71 bits per heavy atom. The van der Waals surface area contributed by atoms with E-state index in [1.807, 2.05) is 0 Å². The zero-order valence-corrected chi connectivity index (χ0v) is 9.28. The molecular formula is C9H14N4O4. The van der Waals surface area contributed by atoms with Crippen LogP contribution in [-0.4, -0.2) is 49.5 Å². The van der Waals surface area contributed by atoms with Crippen LogP contribution in [0.25, 0.3) is 0 Å². The first-order valence-electron chi connectivity index (χ1n) is 5.04. The molecule has 1 aromatic heterocycles. The maximum Gasteiger partial charge on any atom is 0.326 e. The number of amides is 1. The number of carbonyl (C=O) groups excluding carboxylic acids is 1. The minimum Gasteiger partial charge on any atom is -0.480 e. The Morgan fingerprint density at radius 1 is 1.53 bits per heavy atom. The summed E-state index contributed by atoms with van der Waals surface area (Å²) in [5.41, 5.74) is 0. The van der Waals surface area contributed by atoms with Gasteiger partial charge in [-0.15, -0.1) is 0 Å². The molecule has 0 bridgehead atoms. The first-order chi connectivity index (χ1) is 8.06. The normalized spacial score (nSPS) is 14.0. The molecular weight excluding hydrogens is 228 g/mol. The minimum atomic E-state index is -1.18. The summed E-state index contributed by atoms with van der Waals surface area (Å²) in [5, 5.41) is 23.6. The number of carbonyl (C=O) groups is 2. The minimum absolute atomic E-state index is 0.0366. The first kappa shape index (κ1) is 13.1. The van der Waals surface area contributed by atoms with Crippen molar-refractivity contribution in [2.24, 2.45) is 0 Å². The van der Waals surface area contributed by atoms with Gasteiger partial charge >= 0.3 is 5.97 Å². The Morgan fingerprint density at radius 2 is 2.24 bits per heavy atom. The van der Waals surface area contributed by atoms with Gasteiger partial charge in [-0.25, -0.2) is 14.5 Å². The van der Waals surface area contributed by atoms with Gasteiger partial charge in [-0.1, -0.05) is 0 Å². The van der Waals surface area contributed by atoms with Crippen LogP contribution in [-0.2, 0) is 9.59 Å². The molecule has 0 saturated carbocycles. The Hall–Kier alpha value is -1.96. The van der Waals surface area contributed by atoms with E-state index >= 15 is 0 Å². The summed E-state index contributed by atoms with van der Waals surface area (Å²) in [6.45, 7) is 1.26. The molecule has 0 radical (unpaired) electrons. The predicted molar refractivity (Wildman–Crippen MR) is 56.0 cm³/mol. The van der Waals surface area contributed by atoms with Crippen LogP contribution in [0.3, 0.4) is 0 Å². The van der Waals surface area contributed by atoms with Crippen molar-refractivity contribution in [1.82, 2.24) is 20.1 Å². The average Bonchev–Trinajstić information content (AvgIpc) is 2.80. The number of nitrogens with zero attached hydrogens (tertiary/aromatic N) is 3. The molecule has 0 aromatic carbocycles. The van der Waals surface area contributed by atoms with Crippen molar-refractivity contribution in [2.45, 2.75) is 25.4 Å². The van der Waals surface area contributed by atoms with Crippen molar-refractivity contribution in [3.05, 3.63) is 12.7 Å². The number of carboxylic acids is 1. The van der Waals surface area contributed by atoms with Crippen LogP contribution in [0.4, 0.5) is 0 Å². The standard InChI is InChI=1S/C9H14N4O4/c1-6(13-5-10-4-11-13)8(15)12-7(2-3-14)9(16)17/h4-7,14H,2-3H2,1H3,(H,12,15)(H,16,17). The van der Waals surface area contributed by atoms with Crippen molar-refractivity contribution in [1.29, 1.82) is 0 Å². The fraction of sp³-hybridized carbons (Fsp3) is 0.556. The van der Waals surface area contributed by atoms with Crippen LogP contribution in [0.1, 0.15) is 19.4 Å². The van der Waals surface area contributed by atoms with Gasteiger partial charge in [0.15, 0.2) is 0 Å². The van der Waals surface area contributed by atoms with Gasteiger partial charge in [0.05, 0.1) is 0 Å². The van der Waals surface area contributed by atoms with E-state index in [1.54, 1.807) is 6.92 Å². The number of aliphatic hydroxyl groups excluding tert-OH is 1. The topological polar surface area (TPSA) is 117 Å². The lowest BCUT2D eigenvalue weighted by Gasteiger charge is -2.16. The number of aromatic nitrogens is 3. The van der Waals surface area contributed by atoms with Gasteiger partial charge in [-0.05, 0) is 6.92 Å². The largest absolute Gasteiger partial charge is 0.480 e. The highest BCUT2D eigenvalue weighted by Gasteiger charge is 2.23. The molecule has 1 aromatic rings. The van der Waals surface area contributed by atoms with E-state index in [9.17, 15) is 9.59 Å². The second-order valence-corrected chi connectivity index (χ2v) is 3.46. The van der Waals surface area contributed by atoms with Crippen molar-refractivity contribution in [3.63, 3.8) is 0 Å². The summed E-state index contributed by atoms with van der Waals surface area (Å²) in [6.07, 6.45) is 2.61. The van der Waals surface area contributed by atoms with E-state index in [-0.39, 0.29) is 13.0 Å².